The molecule has 0 aliphatic heterocycles. The average Bonchev–Trinajstić information content (AvgIpc) is 2.64. The fraction of sp³-hybridized carbons (Fsp3) is 0.478. The molecule has 0 aromatic heterocycles. The highest BCUT2D eigenvalue weighted by molar-refractivity contribution is 5.32. The highest BCUT2D eigenvalue weighted by Crippen LogP contribution is 2.31. The summed E-state index contributed by atoms with van der Waals surface area (Å²) in [6.45, 7) is 2.16. The minimum Gasteiger partial charge on any atom is -0.207 e. The Balaban J connectivity index is 1.57. The number of hydrogen-bond acceptors (Lipinski definition) is 0. The summed E-state index contributed by atoms with van der Waals surface area (Å²) < 4.78 is 41.5. The van der Waals surface area contributed by atoms with Gasteiger partial charge in [0, 0.05) is 0 Å². The maximum atomic E-state index is 14.4. The van der Waals surface area contributed by atoms with Crippen LogP contribution in [0.3, 0.4) is 0 Å². The Labute approximate surface area is 154 Å². The van der Waals surface area contributed by atoms with Crippen molar-refractivity contribution in [3.63, 3.8) is 0 Å². The van der Waals surface area contributed by atoms with Crippen molar-refractivity contribution in [2.75, 3.05) is 0 Å². The van der Waals surface area contributed by atoms with Gasteiger partial charge in [0.1, 0.15) is 5.82 Å². The molecule has 1 unspecified atom stereocenters. The molecule has 0 nitrogen and oxygen atoms in total. The van der Waals surface area contributed by atoms with Crippen LogP contribution in [-0.2, 0) is 25.7 Å². The molecule has 26 heavy (non-hydrogen) atoms. The Kier molecular flexibility index (Phi) is 6.39. The second-order valence-electron chi connectivity index (χ2n) is 7.53. The van der Waals surface area contributed by atoms with Crippen LogP contribution < -0.4 is 0 Å². The summed E-state index contributed by atoms with van der Waals surface area (Å²) in [7, 11) is 0. The number of halogens is 3. The van der Waals surface area contributed by atoms with Gasteiger partial charge in [-0.05, 0) is 85.3 Å². The largest absolute Gasteiger partial charge is 0.207 e. The van der Waals surface area contributed by atoms with Gasteiger partial charge in [-0.15, -0.1) is 0 Å². The molecular formula is C23H27F3. The molecule has 0 radical (unpaired) electrons. The monoisotopic (exact) mass is 360 g/mol. The van der Waals surface area contributed by atoms with Crippen molar-refractivity contribution in [2.45, 2.75) is 64.7 Å². The highest BCUT2D eigenvalue weighted by Gasteiger charge is 2.23. The first kappa shape index (κ1) is 19.0. The number of unbranched alkanes of at least 4 members (excludes halogenated alkanes) is 2. The molecular weight excluding hydrogens is 333 g/mol. The Morgan fingerprint density at radius 3 is 2.58 bits per heavy atom. The predicted octanol–water partition coefficient (Wildman–Crippen LogP) is 6.57. The lowest BCUT2D eigenvalue weighted by molar-refractivity contribution is 0.407. The van der Waals surface area contributed by atoms with E-state index in [0.29, 0.717) is 24.3 Å². The van der Waals surface area contributed by atoms with Crippen molar-refractivity contribution in [2.24, 2.45) is 5.92 Å². The first-order valence-electron chi connectivity index (χ1n) is 9.81. The van der Waals surface area contributed by atoms with Gasteiger partial charge in [0.2, 0.25) is 0 Å². The van der Waals surface area contributed by atoms with Crippen molar-refractivity contribution in [1.82, 2.24) is 0 Å². The van der Waals surface area contributed by atoms with Gasteiger partial charge in [-0.2, -0.15) is 0 Å². The first-order chi connectivity index (χ1) is 12.6. The van der Waals surface area contributed by atoms with Gasteiger partial charge in [0.05, 0.1) is 0 Å². The second-order valence-corrected chi connectivity index (χ2v) is 7.53. The minimum atomic E-state index is -0.761. The third kappa shape index (κ3) is 4.49. The molecule has 0 spiro atoms. The standard InChI is InChI=1S/C23H27F3/c1-2-3-4-5-16-6-9-18(22(25)15-16)10-7-17-8-12-20-19(14-17)11-13-21(24)23(20)26/h6,9,11,13,15,17H,2-5,7-8,10,12,14H2,1H3. The summed E-state index contributed by atoms with van der Waals surface area (Å²) in [4.78, 5) is 0. The van der Waals surface area contributed by atoms with Crippen molar-refractivity contribution < 1.29 is 13.2 Å². The Bertz CT molecular complexity index is 751. The molecule has 0 saturated carbocycles. The number of hydrogen-bond donors (Lipinski definition) is 0. The second kappa shape index (κ2) is 8.75. The van der Waals surface area contributed by atoms with Crippen molar-refractivity contribution in [1.29, 1.82) is 0 Å². The molecule has 1 atom stereocenters. The van der Waals surface area contributed by atoms with E-state index in [2.05, 4.69) is 6.92 Å². The molecule has 3 rings (SSSR count). The van der Waals surface area contributed by atoms with E-state index < -0.39 is 11.6 Å². The van der Waals surface area contributed by atoms with Crippen molar-refractivity contribution in [3.05, 3.63) is 70.0 Å². The van der Waals surface area contributed by atoms with Crippen LogP contribution in [0.25, 0.3) is 0 Å². The van der Waals surface area contributed by atoms with Gasteiger partial charge in [-0.25, -0.2) is 13.2 Å². The molecule has 0 fully saturated rings. The van der Waals surface area contributed by atoms with Crippen LogP contribution in [-0.4, -0.2) is 0 Å². The third-order valence-electron chi connectivity index (χ3n) is 5.61. The third-order valence-corrected chi connectivity index (χ3v) is 5.61. The average molecular weight is 360 g/mol. The van der Waals surface area contributed by atoms with Crippen LogP contribution in [0.2, 0.25) is 0 Å². The summed E-state index contributed by atoms with van der Waals surface area (Å²) in [6, 6.07) is 8.56. The summed E-state index contributed by atoms with van der Waals surface area (Å²) in [5, 5.41) is 0. The lowest BCUT2D eigenvalue weighted by atomic mass is 9.81. The van der Waals surface area contributed by atoms with Crippen LogP contribution in [0, 0.1) is 23.4 Å². The number of benzene rings is 2. The van der Waals surface area contributed by atoms with E-state index in [1.54, 1.807) is 12.1 Å². The van der Waals surface area contributed by atoms with E-state index >= 15 is 0 Å². The van der Waals surface area contributed by atoms with Gasteiger partial charge in [-0.3, -0.25) is 0 Å². The summed E-state index contributed by atoms with van der Waals surface area (Å²) in [6.07, 6.45) is 8.13. The van der Waals surface area contributed by atoms with E-state index in [9.17, 15) is 13.2 Å². The van der Waals surface area contributed by atoms with Crippen LogP contribution >= 0.6 is 0 Å². The Morgan fingerprint density at radius 1 is 0.962 bits per heavy atom. The van der Waals surface area contributed by atoms with Gasteiger partial charge >= 0.3 is 0 Å². The zero-order valence-corrected chi connectivity index (χ0v) is 15.5. The fourth-order valence-electron chi connectivity index (χ4n) is 3.99. The lowest BCUT2D eigenvalue weighted by Crippen LogP contribution is -2.17. The first-order valence-corrected chi connectivity index (χ1v) is 9.81. The Morgan fingerprint density at radius 2 is 1.81 bits per heavy atom. The van der Waals surface area contributed by atoms with Crippen LogP contribution in [0.15, 0.2) is 30.3 Å². The van der Waals surface area contributed by atoms with Crippen LogP contribution in [0.4, 0.5) is 13.2 Å². The van der Waals surface area contributed by atoms with E-state index in [-0.39, 0.29) is 5.82 Å². The maximum Gasteiger partial charge on any atom is 0.162 e. The van der Waals surface area contributed by atoms with Gasteiger partial charge in [0.15, 0.2) is 11.6 Å². The number of aryl methyl sites for hydroxylation is 2. The summed E-state index contributed by atoms with van der Waals surface area (Å²) in [5.74, 6) is -1.16. The summed E-state index contributed by atoms with van der Waals surface area (Å²) >= 11 is 0. The lowest BCUT2D eigenvalue weighted by Gasteiger charge is -2.25. The quantitative estimate of drug-likeness (QED) is 0.490. The van der Waals surface area contributed by atoms with E-state index in [1.165, 1.54) is 18.9 Å². The molecule has 1 aliphatic carbocycles. The number of rotatable bonds is 7. The summed E-state index contributed by atoms with van der Waals surface area (Å²) in [5.41, 5.74) is 3.28. The van der Waals surface area contributed by atoms with Gasteiger partial charge in [-0.1, -0.05) is 38.0 Å². The zero-order chi connectivity index (χ0) is 18.5. The normalized spacial score (nSPS) is 16.5. The molecule has 2 aromatic rings. The molecule has 0 bridgehead atoms. The van der Waals surface area contributed by atoms with E-state index in [4.69, 9.17) is 0 Å². The van der Waals surface area contributed by atoms with Crippen LogP contribution in [0.5, 0.6) is 0 Å². The molecule has 140 valence electrons. The van der Waals surface area contributed by atoms with Gasteiger partial charge in [0.25, 0.3) is 0 Å². The minimum absolute atomic E-state index is 0.108. The highest BCUT2D eigenvalue weighted by atomic mass is 19.2. The molecule has 0 amide bonds. The SMILES string of the molecule is CCCCCc1ccc(CCC2CCc3c(ccc(F)c3F)C2)c(F)c1. The molecule has 1 aliphatic rings. The topological polar surface area (TPSA) is 0 Å². The Hall–Kier alpha value is -1.77. The van der Waals surface area contributed by atoms with Gasteiger partial charge < -0.3 is 0 Å². The number of fused-ring (bicyclic) bond motifs is 1. The van der Waals surface area contributed by atoms with Crippen LogP contribution in [0.1, 0.15) is 61.3 Å². The van der Waals surface area contributed by atoms with E-state index in [0.717, 1.165) is 48.8 Å². The van der Waals surface area contributed by atoms with Crippen molar-refractivity contribution in [3.8, 4) is 0 Å². The van der Waals surface area contributed by atoms with E-state index in [1.807, 2.05) is 12.1 Å². The fourth-order valence-corrected chi connectivity index (χ4v) is 3.99. The molecule has 0 heterocycles. The molecule has 0 N–H and O–H groups in total. The van der Waals surface area contributed by atoms with Crippen molar-refractivity contribution >= 4 is 0 Å². The molecule has 3 heteroatoms. The molecule has 0 saturated heterocycles. The molecule has 2 aromatic carbocycles. The maximum absolute atomic E-state index is 14.4. The predicted molar refractivity (Wildman–Crippen MR) is 99.8 cm³/mol. The smallest absolute Gasteiger partial charge is 0.162 e. The zero-order valence-electron chi connectivity index (χ0n) is 15.5.